The number of hydrogen-bond donors (Lipinski definition) is 0. The standard InChI is InChI=1S/C19H19FN2O2S/c1-13-10-16-18(25-13)11-17(19(23)21-6-8-24-9-7-21)22(16)12-14-4-2-3-5-15(14)20/h2-5,10-11H,6-9,12H2,1H3. The Kier molecular flexibility index (Phi) is 4.31. The van der Waals surface area contributed by atoms with E-state index in [4.69, 9.17) is 4.74 Å². The first-order valence-corrected chi connectivity index (χ1v) is 9.15. The van der Waals surface area contributed by atoms with Gasteiger partial charge < -0.3 is 14.2 Å². The van der Waals surface area contributed by atoms with Gasteiger partial charge in [-0.05, 0) is 25.1 Å². The average molecular weight is 358 g/mol. The van der Waals surface area contributed by atoms with Crippen LogP contribution in [0.5, 0.6) is 0 Å². The minimum Gasteiger partial charge on any atom is -0.378 e. The van der Waals surface area contributed by atoms with Crippen molar-refractivity contribution >= 4 is 27.5 Å². The van der Waals surface area contributed by atoms with E-state index < -0.39 is 0 Å². The number of ether oxygens (including phenoxy) is 1. The summed E-state index contributed by atoms with van der Waals surface area (Å²) in [7, 11) is 0. The lowest BCUT2D eigenvalue weighted by Gasteiger charge is -2.27. The van der Waals surface area contributed by atoms with Crippen LogP contribution in [-0.4, -0.2) is 41.7 Å². The first kappa shape index (κ1) is 16.3. The first-order valence-electron chi connectivity index (χ1n) is 8.33. The van der Waals surface area contributed by atoms with E-state index in [1.807, 2.05) is 28.5 Å². The van der Waals surface area contributed by atoms with E-state index in [1.54, 1.807) is 23.5 Å². The molecule has 1 amide bonds. The molecular weight excluding hydrogens is 339 g/mol. The maximum absolute atomic E-state index is 14.2. The lowest BCUT2D eigenvalue weighted by atomic mass is 10.2. The van der Waals surface area contributed by atoms with E-state index in [9.17, 15) is 9.18 Å². The van der Waals surface area contributed by atoms with Crippen LogP contribution in [0.25, 0.3) is 10.2 Å². The smallest absolute Gasteiger partial charge is 0.270 e. The van der Waals surface area contributed by atoms with Gasteiger partial charge in [-0.2, -0.15) is 0 Å². The number of amides is 1. The summed E-state index contributed by atoms with van der Waals surface area (Å²) in [6, 6.07) is 10.7. The van der Waals surface area contributed by atoms with Crippen LogP contribution in [0, 0.1) is 12.7 Å². The Morgan fingerprint density at radius 1 is 1.24 bits per heavy atom. The number of aryl methyl sites for hydroxylation is 1. The highest BCUT2D eigenvalue weighted by Gasteiger charge is 2.24. The Balaban J connectivity index is 1.77. The molecule has 6 heteroatoms. The van der Waals surface area contributed by atoms with Crippen molar-refractivity contribution in [3.05, 3.63) is 58.3 Å². The quantitative estimate of drug-likeness (QED) is 0.716. The fourth-order valence-electron chi connectivity index (χ4n) is 3.24. The maximum atomic E-state index is 14.2. The second-order valence-electron chi connectivity index (χ2n) is 6.22. The Bertz CT molecular complexity index is 925. The molecule has 1 fully saturated rings. The molecule has 0 radical (unpaired) electrons. The van der Waals surface area contributed by atoms with Crippen LogP contribution in [0.3, 0.4) is 0 Å². The minimum absolute atomic E-state index is 0.0132. The van der Waals surface area contributed by atoms with Gasteiger partial charge in [0.15, 0.2) is 0 Å². The molecule has 0 N–H and O–H groups in total. The second-order valence-corrected chi connectivity index (χ2v) is 7.51. The Labute approximate surface area is 149 Å². The highest BCUT2D eigenvalue weighted by Crippen LogP contribution is 2.30. The van der Waals surface area contributed by atoms with Gasteiger partial charge in [-0.25, -0.2) is 4.39 Å². The van der Waals surface area contributed by atoms with Crippen LogP contribution in [0.1, 0.15) is 20.9 Å². The number of thiophene rings is 1. The van der Waals surface area contributed by atoms with Crippen LogP contribution >= 0.6 is 11.3 Å². The second kappa shape index (κ2) is 6.61. The number of rotatable bonds is 3. The van der Waals surface area contributed by atoms with E-state index >= 15 is 0 Å². The molecular formula is C19H19FN2O2S. The fraction of sp³-hybridized carbons (Fsp3) is 0.316. The number of nitrogens with zero attached hydrogens (tertiary/aromatic N) is 2. The number of carbonyl (C=O) groups is 1. The monoisotopic (exact) mass is 358 g/mol. The molecule has 0 spiro atoms. The van der Waals surface area contributed by atoms with E-state index in [0.717, 1.165) is 10.2 Å². The molecule has 1 saturated heterocycles. The predicted octanol–water partition coefficient (Wildman–Crippen LogP) is 3.67. The van der Waals surface area contributed by atoms with Gasteiger partial charge in [0.05, 0.1) is 30.0 Å². The number of benzene rings is 1. The first-order chi connectivity index (χ1) is 12.1. The summed E-state index contributed by atoms with van der Waals surface area (Å²) >= 11 is 1.66. The van der Waals surface area contributed by atoms with Gasteiger partial charge in [-0.1, -0.05) is 18.2 Å². The zero-order valence-corrected chi connectivity index (χ0v) is 14.8. The minimum atomic E-state index is -0.249. The number of hydrogen-bond acceptors (Lipinski definition) is 3. The van der Waals surface area contributed by atoms with Crippen molar-refractivity contribution in [1.82, 2.24) is 9.47 Å². The van der Waals surface area contributed by atoms with Gasteiger partial charge in [0.2, 0.25) is 0 Å². The number of halogens is 1. The van der Waals surface area contributed by atoms with Crippen molar-refractivity contribution in [2.45, 2.75) is 13.5 Å². The lowest BCUT2D eigenvalue weighted by molar-refractivity contribution is 0.0296. The van der Waals surface area contributed by atoms with E-state index in [-0.39, 0.29) is 11.7 Å². The number of fused-ring (bicyclic) bond motifs is 1. The molecule has 0 aliphatic carbocycles. The number of carbonyl (C=O) groups excluding carboxylic acids is 1. The van der Waals surface area contributed by atoms with Gasteiger partial charge in [-0.3, -0.25) is 4.79 Å². The summed E-state index contributed by atoms with van der Waals surface area (Å²) in [5, 5.41) is 0. The van der Waals surface area contributed by atoms with Crippen molar-refractivity contribution in [3.63, 3.8) is 0 Å². The fourth-order valence-corrected chi connectivity index (χ4v) is 4.20. The molecule has 3 aromatic rings. The maximum Gasteiger partial charge on any atom is 0.270 e. The van der Waals surface area contributed by atoms with Crippen molar-refractivity contribution in [2.75, 3.05) is 26.3 Å². The molecule has 0 bridgehead atoms. The summed E-state index contributed by atoms with van der Waals surface area (Å²) in [6.07, 6.45) is 0. The molecule has 4 nitrogen and oxygen atoms in total. The van der Waals surface area contributed by atoms with Gasteiger partial charge in [0, 0.05) is 23.5 Å². The SMILES string of the molecule is Cc1cc2c(cc(C(=O)N3CCOCC3)n2Cc2ccccc2F)s1. The molecule has 1 aliphatic rings. The van der Waals surface area contributed by atoms with Gasteiger partial charge in [0.25, 0.3) is 5.91 Å². The number of morpholine rings is 1. The van der Waals surface area contributed by atoms with Crippen LogP contribution in [0.15, 0.2) is 36.4 Å². The third-order valence-corrected chi connectivity index (χ3v) is 5.50. The van der Waals surface area contributed by atoms with E-state index in [1.165, 1.54) is 10.9 Å². The van der Waals surface area contributed by atoms with Crippen molar-refractivity contribution < 1.29 is 13.9 Å². The summed E-state index contributed by atoms with van der Waals surface area (Å²) in [4.78, 5) is 16.0. The molecule has 130 valence electrons. The highest BCUT2D eigenvalue weighted by atomic mass is 32.1. The van der Waals surface area contributed by atoms with Crippen molar-refractivity contribution in [2.24, 2.45) is 0 Å². The lowest BCUT2D eigenvalue weighted by Crippen LogP contribution is -2.41. The number of aromatic nitrogens is 1. The predicted molar refractivity (Wildman–Crippen MR) is 96.8 cm³/mol. The van der Waals surface area contributed by atoms with Gasteiger partial charge in [-0.15, -0.1) is 11.3 Å². The molecule has 3 heterocycles. The van der Waals surface area contributed by atoms with Crippen LogP contribution in [0.2, 0.25) is 0 Å². The molecule has 4 rings (SSSR count). The van der Waals surface area contributed by atoms with Gasteiger partial charge >= 0.3 is 0 Å². The third-order valence-electron chi connectivity index (χ3n) is 4.52. The van der Waals surface area contributed by atoms with Crippen LogP contribution in [-0.2, 0) is 11.3 Å². The summed E-state index contributed by atoms with van der Waals surface area (Å²) in [6.45, 7) is 4.70. The molecule has 0 atom stereocenters. The molecule has 1 aromatic carbocycles. The third kappa shape index (κ3) is 3.07. The highest BCUT2D eigenvalue weighted by molar-refractivity contribution is 7.19. The topological polar surface area (TPSA) is 34.5 Å². The van der Waals surface area contributed by atoms with E-state index in [2.05, 4.69) is 6.07 Å². The molecule has 2 aromatic heterocycles. The largest absolute Gasteiger partial charge is 0.378 e. The van der Waals surface area contributed by atoms with Gasteiger partial charge in [0.1, 0.15) is 11.5 Å². The van der Waals surface area contributed by atoms with E-state index in [0.29, 0.717) is 44.1 Å². The molecule has 0 saturated carbocycles. The Morgan fingerprint density at radius 2 is 2.00 bits per heavy atom. The van der Waals surface area contributed by atoms with Crippen molar-refractivity contribution in [1.29, 1.82) is 0 Å². The van der Waals surface area contributed by atoms with Crippen LogP contribution in [0.4, 0.5) is 4.39 Å². The Morgan fingerprint density at radius 3 is 2.76 bits per heavy atom. The zero-order valence-electron chi connectivity index (χ0n) is 14.0. The van der Waals surface area contributed by atoms with Crippen LogP contribution < -0.4 is 0 Å². The Hall–Kier alpha value is -2.18. The molecule has 1 aliphatic heterocycles. The zero-order chi connectivity index (χ0) is 17.4. The molecule has 0 unspecified atom stereocenters. The molecule has 25 heavy (non-hydrogen) atoms. The average Bonchev–Trinajstić information content (AvgIpc) is 3.14. The normalized spacial score (nSPS) is 15.0. The van der Waals surface area contributed by atoms with Crippen molar-refractivity contribution in [3.8, 4) is 0 Å². The summed E-state index contributed by atoms with van der Waals surface area (Å²) in [5.74, 6) is -0.262. The summed E-state index contributed by atoms with van der Waals surface area (Å²) in [5.41, 5.74) is 2.19. The summed E-state index contributed by atoms with van der Waals surface area (Å²) < 4.78 is 22.5.